The average molecular weight is 326 g/mol. The number of rotatable bonds is 4. The Balaban J connectivity index is 1.64. The highest BCUT2D eigenvalue weighted by Gasteiger charge is 2.27. The summed E-state index contributed by atoms with van der Waals surface area (Å²) >= 11 is 0. The van der Waals surface area contributed by atoms with Gasteiger partial charge in [0.05, 0.1) is 4.92 Å². The fourth-order valence-electron chi connectivity index (χ4n) is 2.86. The van der Waals surface area contributed by atoms with Gasteiger partial charge in [-0.1, -0.05) is 6.07 Å². The summed E-state index contributed by atoms with van der Waals surface area (Å²) in [6, 6.07) is 10.2. The first-order valence-corrected chi connectivity index (χ1v) is 7.76. The van der Waals surface area contributed by atoms with E-state index in [1.165, 1.54) is 6.07 Å². The number of aryl methyl sites for hydroxylation is 1. The van der Waals surface area contributed by atoms with Crippen LogP contribution in [0.3, 0.4) is 0 Å². The molecule has 124 valence electrons. The lowest BCUT2D eigenvalue weighted by Crippen LogP contribution is -2.32. The summed E-state index contributed by atoms with van der Waals surface area (Å²) in [6.07, 6.45) is 2.44. The molecule has 1 aliphatic rings. The first-order chi connectivity index (χ1) is 11.5. The van der Waals surface area contributed by atoms with Crippen LogP contribution in [0.2, 0.25) is 0 Å². The molecule has 0 spiro atoms. The fraction of sp³-hybridized carbons (Fsp3) is 0.294. The summed E-state index contributed by atoms with van der Waals surface area (Å²) in [6.45, 7) is 3.09. The van der Waals surface area contributed by atoms with E-state index < -0.39 is 4.92 Å². The van der Waals surface area contributed by atoms with Gasteiger partial charge in [-0.3, -0.25) is 19.9 Å². The van der Waals surface area contributed by atoms with Crippen molar-refractivity contribution in [2.45, 2.75) is 19.4 Å². The van der Waals surface area contributed by atoms with E-state index in [4.69, 9.17) is 0 Å². The van der Waals surface area contributed by atoms with Crippen molar-refractivity contribution in [3.63, 3.8) is 0 Å². The van der Waals surface area contributed by atoms with E-state index in [2.05, 4.69) is 10.3 Å². The molecule has 1 saturated heterocycles. The van der Waals surface area contributed by atoms with E-state index in [0.717, 1.165) is 17.7 Å². The third-order valence-electron chi connectivity index (χ3n) is 4.14. The van der Waals surface area contributed by atoms with E-state index >= 15 is 0 Å². The highest BCUT2D eigenvalue weighted by Crippen LogP contribution is 2.24. The lowest BCUT2D eigenvalue weighted by Gasteiger charge is -2.18. The van der Waals surface area contributed by atoms with Gasteiger partial charge in [-0.15, -0.1) is 0 Å². The minimum absolute atomic E-state index is 0.0691. The fourth-order valence-corrected chi connectivity index (χ4v) is 2.86. The van der Waals surface area contributed by atoms with Crippen LogP contribution in [0.4, 0.5) is 11.4 Å². The molecule has 7 nitrogen and oxygen atoms in total. The van der Waals surface area contributed by atoms with Gasteiger partial charge in [0.1, 0.15) is 5.69 Å². The summed E-state index contributed by atoms with van der Waals surface area (Å²) in [7, 11) is 0. The molecule has 1 N–H and O–H groups in total. The van der Waals surface area contributed by atoms with Crippen LogP contribution in [0.25, 0.3) is 0 Å². The predicted octanol–water partition coefficient (Wildman–Crippen LogP) is 2.62. The standard InChI is InChI=1S/C17H18N4O3/c1-12-10-14(21(23)24)5-6-15(12)19-13-7-9-20(11-13)17(22)16-4-2-3-8-18-16/h2-6,8,10,13,19H,7,9,11H2,1H3. The summed E-state index contributed by atoms with van der Waals surface area (Å²) in [4.78, 5) is 28.7. The molecule has 3 rings (SSSR count). The molecule has 24 heavy (non-hydrogen) atoms. The Labute approximate surface area is 139 Å². The molecule has 2 heterocycles. The lowest BCUT2D eigenvalue weighted by atomic mass is 10.1. The zero-order chi connectivity index (χ0) is 17.1. The van der Waals surface area contributed by atoms with E-state index in [1.807, 2.05) is 6.92 Å². The van der Waals surface area contributed by atoms with Gasteiger partial charge in [-0.05, 0) is 37.1 Å². The molecule has 1 unspecified atom stereocenters. The molecular weight excluding hydrogens is 308 g/mol. The summed E-state index contributed by atoms with van der Waals surface area (Å²) in [5, 5.41) is 14.2. The number of hydrogen-bond acceptors (Lipinski definition) is 5. The number of benzene rings is 1. The van der Waals surface area contributed by atoms with Crippen LogP contribution in [0.5, 0.6) is 0 Å². The molecule has 1 fully saturated rings. The van der Waals surface area contributed by atoms with Gasteiger partial charge in [-0.2, -0.15) is 0 Å². The number of likely N-dealkylation sites (tertiary alicyclic amines) is 1. The third kappa shape index (κ3) is 3.34. The maximum Gasteiger partial charge on any atom is 0.272 e. The number of pyridine rings is 1. The van der Waals surface area contributed by atoms with Gasteiger partial charge in [-0.25, -0.2) is 0 Å². The monoisotopic (exact) mass is 326 g/mol. The van der Waals surface area contributed by atoms with Crippen LogP contribution in [0.1, 0.15) is 22.5 Å². The van der Waals surface area contributed by atoms with Crippen LogP contribution in [-0.2, 0) is 0 Å². The van der Waals surface area contributed by atoms with E-state index in [1.54, 1.807) is 41.4 Å². The van der Waals surface area contributed by atoms with Crippen LogP contribution < -0.4 is 5.32 Å². The summed E-state index contributed by atoms with van der Waals surface area (Å²) in [5.41, 5.74) is 2.21. The number of hydrogen-bond donors (Lipinski definition) is 1. The Bertz CT molecular complexity index is 764. The van der Waals surface area contributed by atoms with Gasteiger partial charge in [0, 0.05) is 43.1 Å². The second-order valence-corrected chi connectivity index (χ2v) is 5.85. The highest BCUT2D eigenvalue weighted by atomic mass is 16.6. The second kappa shape index (κ2) is 6.66. The van der Waals surface area contributed by atoms with Crippen molar-refractivity contribution in [1.29, 1.82) is 0 Å². The quantitative estimate of drug-likeness (QED) is 0.689. The van der Waals surface area contributed by atoms with Crippen LogP contribution in [-0.4, -0.2) is 39.8 Å². The predicted molar refractivity (Wildman–Crippen MR) is 90.0 cm³/mol. The molecule has 1 aromatic heterocycles. The first kappa shape index (κ1) is 15.9. The number of non-ortho nitro benzene ring substituents is 1. The summed E-state index contributed by atoms with van der Waals surface area (Å²) < 4.78 is 0. The lowest BCUT2D eigenvalue weighted by molar-refractivity contribution is -0.384. The molecule has 0 radical (unpaired) electrons. The largest absolute Gasteiger partial charge is 0.380 e. The molecule has 1 atom stereocenters. The Morgan fingerprint density at radius 3 is 2.88 bits per heavy atom. The number of amides is 1. The van der Waals surface area contributed by atoms with E-state index in [0.29, 0.717) is 18.8 Å². The number of carbonyl (C=O) groups excluding carboxylic acids is 1. The summed E-state index contributed by atoms with van der Waals surface area (Å²) in [5.74, 6) is -0.0691. The molecule has 0 bridgehead atoms. The van der Waals surface area contributed by atoms with Crippen molar-refractivity contribution in [2.24, 2.45) is 0 Å². The maximum absolute atomic E-state index is 12.4. The average Bonchev–Trinajstić information content (AvgIpc) is 3.05. The number of anilines is 1. The number of nitrogens with zero attached hydrogens (tertiary/aromatic N) is 3. The van der Waals surface area contributed by atoms with Crippen molar-refractivity contribution in [3.05, 3.63) is 64.0 Å². The number of aromatic nitrogens is 1. The SMILES string of the molecule is Cc1cc([N+](=O)[O-])ccc1NC1CCN(C(=O)c2ccccn2)C1. The van der Waals surface area contributed by atoms with Crippen LogP contribution >= 0.6 is 0 Å². The number of nitrogens with one attached hydrogen (secondary N) is 1. The Kier molecular flexibility index (Phi) is 4.41. The Morgan fingerprint density at radius 2 is 2.21 bits per heavy atom. The third-order valence-corrected chi connectivity index (χ3v) is 4.14. The van der Waals surface area contributed by atoms with Crippen LogP contribution in [0.15, 0.2) is 42.6 Å². The molecule has 1 amide bonds. The molecule has 7 heteroatoms. The van der Waals surface area contributed by atoms with Crippen molar-refractivity contribution in [3.8, 4) is 0 Å². The topological polar surface area (TPSA) is 88.4 Å². The van der Waals surface area contributed by atoms with E-state index in [9.17, 15) is 14.9 Å². The zero-order valence-electron chi connectivity index (χ0n) is 13.3. The van der Waals surface area contributed by atoms with Crippen molar-refractivity contribution < 1.29 is 9.72 Å². The van der Waals surface area contributed by atoms with Gasteiger partial charge >= 0.3 is 0 Å². The highest BCUT2D eigenvalue weighted by molar-refractivity contribution is 5.92. The van der Waals surface area contributed by atoms with Gasteiger partial charge in [0.15, 0.2) is 0 Å². The normalized spacial score (nSPS) is 16.9. The van der Waals surface area contributed by atoms with Gasteiger partial charge in [0.25, 0.3) is 11.6 Å². The van der Waals surface area contributed by atoms with Gasteiger partial charge < -0.3 is 10.2 Å². The first-order valence-electron chi connectivity index (χ1n) is 7.76. The molecule has 0 aliphatic carbocycles. The Morgan fingerprint density at radius 1 is 1.38 bits per heavy atom. The zero-order valence-corrected chi connectivity index (χ0v) is 13.3. The van der Waals surface area contributed by atoms with Crippen LogP contribution in [0, 0.1) is 17.0 Å². The number of nitro groups is 1. The molecule has 1 aromatic carbocycles. The smallest absolute Gasteiger partial charge is 0.272 e. The van der Waals surface area contributed by atoms with E-state index in [-0.39, 0.29) is 17.6 Å². The Hall–Kier alpha value is -2.96. The van der Waals surface area contributed by atoms with Gasteiger partial charge in [0.2, 0.25) is 0 Å². The second-order valence-electron chi connectivity index (χ2n) is 5.85. The van der Waals surface area contributed by atoms with Crippen molar-refractivity contribution >= 4 is 17.3 Å². The van der Waals surface area contributed by atoms with Crippen molar-refractivity contribution in [2.75, 3.05) is 18.4 Å². The van der Waals surface area contributed by atoms with Crippen molar-refractivity contribution in [1.82, 2.24) is 9.88 Å². The molecule has 0 saturated carbocycles. The number of carbonyl (C=O) groups is 1. The number of nitro benzene ring substituents is 1. The molecular formula is C17H18N4O3. The maximum atomic E-state index is 12.4. The molecule has 1 aliphatic heterocycles. The molecule has 2 aromatic rings. The minimum Gasteiger partial charge on any atom is -0.380 e. The minimum atomic E-state index is -0.403.